The number of carbonyl (C=O) groups is 1. The summed E-state index contributed by atoms with van der Waals surface area (Å²) in [6, 6.07) is 108. The molecule has 1 unspecified atom stereocenters. The van der Waals surface area contributed by atoms with Gasteiger partial charge in [0.15, 0.2) is 5.78 Å². The van der Waals surface area contributed by atoms with Crippen LogP contribution >= 0.6 is 31.7 Å². The monoisotopic (exact) mass is 1150 g/mol. The zero-order chi connectivity index (χ0) is 51.6. The SMILES string of the molecule is [C-]#CC1(c2ccccc2)CCCC1=O.[Ru+2].c1cc[cH-]c1.c1ccc(P(CCP(c2ccccc2)c2ccccc2)c2ccccc2)cc1.c1ccc(P(CCP(c2ccccc2)c2ccccc2)c2ccccc2)cc1. The topological polar surface area (TPSA) is 17.1 Å². The van der Waals surface area contributed by atoms with Gasteiger partial charge < -0.3 is 12.3 Å². The third-order valence-electron chi connectivity index (χ3n) is 13.1. The quantitative estimate of drug-likeness (QED) is 0.0433. The summed E-state index contributed by atoms with van der Waals surface area (Å²) in [5.41, 5.74) is 0.179. The first kappa shape index (κ1) is 57.6. The van der Waals surface area contributed by atoms with Gasteiger partial charge in [-0.1, -0.05) is 273 Å². The van der Waals surface area contributed by atoms with Crippen LogP contribution in [0.4, 0.5) is 0 Å². The van der Waals surface area contributed by atoms with E-state index in [9.17, 15) is 4.79 Å². The van der Waals surface area contributed by atoms with Crippen LogP contribution in [0.1, 0.15) is 24.8 Å². The summed E-state index contributed by atoms with van der Waals surface area (Å²) in [7, 11) is -1.39. The molecule has 0 bridgehead atoms. The second-order valence-corrected chi connectivity index (χ2v) is 27.3. The molecule has 0 heterocycles. The van der Waals surface area contributed by atoms with Crippen LogP contribution in [-0.4, -0.2) is 30.4 Å². The molecule has 1 saturated carbocycles. The second kappa shape index (κ2) is 31.8. The van der Waals surface area contributed by atoms with Gasteiger partial charge in [0.25, 0.3) is 0 Å². The predicted octanol–water partition coefficient (Wildman–Crippen LogP) is 14.2. The van der Waals surface area contributed by atoms with Crippen LogP contribution in [0.15, 0.2) is 303 Å². The number of benzene rings is 9. The Hall–Kier alpha value is -6.10. The van der Waals surface area contributed by atoms with E-state index in [1.165, 1.54) is 67.1 Å². The fourth-order valence-electron chi connectivity index (χ4n) is 9.31. The van der Waals surface area contributed by atoms with E-state index in [2.05, 4.69) is 249 Å². The molecule has 0 radical (unpaired) electrons. The molecule has 1 atom stereocenters. The smallest absolute Gasteiger partial charge is 0.692 e. The van der Waals surface area contributed by atoms with Gasteiger partial charge in [0.1, 0.15) is 0 Å². The van der Waals surface area contributed by atoms with Crippen molar-refractivity contribution in [3.8, 4) is 5.92 Å². The largest absolute Gasteiger partial charge is 2.00 e. The summed E-state index contributed by atoms with van der Waals surface area (Å²) in [4.78, 5) is 11.7. The zero-order valence-corrected chi connectivity index (χ0v) is 48.2. The van der Waals surface area contributed by atoms with Crippen LogP contribution in [0.25, 0.3) is 0 Å². The van der Waals surface area contributed by atoms with Crippen LogP contribution in [0.3, 0.4) is 0 Å². The van der Waals surface area contributed by atoms with Crippen LogP contribution in [-0.2, 0) is 29.7 Å². The summed E-state index contributed by atoms with van der Waals surface area (Å²) in [5.74, 6) is 2.58. The Bertz CT molecular complexity index is 2640. The fourth-order valence-corrected chi connectivity index (χ4v) is 20.0. The van der Waals surface area contributed by atoms with Crippen molar-refractivity contribution in [1.82, 2.24) is 0 Å². The van der Waals surface area contributed by atoms with Crippen molar-refractivity contribution in [2.24, 2.45) is 0 Å². The number of ketones is 1. The number of hydrogen-bond donors (Lipinski definition) is 0. The molecule has 0 aromatic heterocycles. The first-order valence-electron chi connectivity index (χ1n) is 25.8. The third kappa shape index (κ3) is 16.7. The fraction of sp³-hybridized carbons (Fsp3) is 0.114. The molecule has 10 aromatic rings. The van der Waals surface area contributed by atoms with E-state index in [0.29, 0.717) is 6.42 Å². The molecule has 0 aliphatic heterocycles. The maximum absolute atomic E-state index is 11.7. The molecule has 1 fully saturated rings. The molecular formula is C70H64OP4Ru. The summed E-state index contributed by atoms with van der Waals surface area (Å²) < 4.78 is 0. The average Bonchev–Trinajstić information content (AvgIpc) is 4.22. The van der Waals surface area contributed by atoms with Crippen molar-refractivity contribution >= 4 is 79.9 Å². The van der Waals surface area contributed by atoms with E-state index in [1.807, 2.05) is 60.7 Å². The Labute approximate surface area is 471 Å². The molecule has 0 amide bonds. The van der Waals surface area contributed by atoms with Gasteiger partial charge in [-0.3, -0.25) is 4.79 Å². The molecule has 76 heavy (non-hydrogen) atoms. The molecule has 0 saturated heterocycles. The molecule has 1 nitrogen and oxygen atoms in total. The van der Waals surface area contributed by atoms with Crippen molar-refractivity contribution in [2.45, 2.75) is 24.7 Å². The maximum Gasteiger partial charge on any atom is 2.00 e. The Balaban J connectivity index is 0.000000164. The molecule has 1 aliphatic rings. The summed E-state index contributed by atoms with van der Waals surface area (Å²) in [6.45, 7) is 0. The standard InChI is InChI=1S/2C26H24P2.C13H11O.C5H5.Ru/c2*1-5-13-23(14-6-1)27(24-15-7-2-8-16-24)21-22-28(25-17-9-3-10-18-25)26-19-11-4-12-20-26;1-2-13(10-6-9-12(13)14)11-7-4-3-5-8-11;1-2-4-5-3-1;/h2*1-20H,21-22H2;3-5,7-8H,6,9-10H2;1-5H;/q;;2*-1;+2. The molecule has 378 valence electrons. The number of rotatable bonds is 15. The molecule has 1 aliphatic carbocycles. The van der Waals surface area contributed by atoms with Gasteiger partial charge in [-0.15, -0.1) is 0 Å². The van der Waals surface area contributed by atoms with Crippen molar-refractivity contribution in [3.05, 3.63) is 315 Å². The van der Waals surface area contributed by atoms with Crippen molar-refractivity contribution < 1.29 is 24.3 Å². The molecule has 0 N–H and O–H groups in total. The molecule has 10 aromatic carbocycles. The first-order valence-corrected chi connectivity index (χ1v) is 31.9. The van der Waals surface area contributed by atoms with Gasteiger partial charge in [0, 0.05) is 6.42 Å². The van der Waals surface area contributed by atoms with Gasteiger partial charge in [-0.25, -0.2) is 12.1 Å². The van der Waals surface area contributed by atoms with E-state index < -0.39 is 5.41 Å². The number of carbonyl (C=O) groups excluding carboxylic acids is 1. The number of Topliss-reactive ketones (excluding diaryl/α,β-unsaturated/α-hetero) is 1. The second-order valence-electron chi connectivity index (χ2n) is 17.9. The Morgan fingerprint density at radius 2 is 0.579 bits per heavy atom. The normalized spacial score (nSPS) is 13.5. The minimum Gasteiger partial charge on any atom is -0.692 e. The predicted molar refractivity (Wildman–Crippen MR) is 332 cm³/mol. The molecule has 11 rings (SSSR count). The Kier molecular flexibility index (Phi) is 24.1. The van der Waals surface area contributed by atoms with Crippen LogP contribution in [0, 0.1) is 12.3 Å². The van der Waals surface area contributed by atoms with Crippen LogP contribution in [0.2, 0.25) is 0 Å². The average molecular weight is 1150 g/mol. The van der Waals surface area contributed by atoms with E-state index >= 15 is 0 Å². The van der Waals surface area contributed by atoms with Gasteiger partial charge in [-0.2, -0.15) is 18.2 Å². The van der Waals surface area contributed by atoms with Gasteiger partial charge in [0.05, 0.1) is 5.41 Å². The minimum absolute atomic E-state index is 0. The molecule has 6 heteroatoms. The summed E-state index contributed by atoms with van der Waals surface area (Å²) in [5, 5.41) is 11.8. The van der Waals surface area contributed by atoms with Gasteiger partial charge >= 0.3 is 19.5 Å². The van der Waals surface area contributed by atoms with Crippen molar-refractivity contribution in [3.63, 3.8) is 0 Å². The van der Waals surface area contributed by atoms with E-state index in [4.69, 9.17) is 6.42 Å². The van der Waals surface area contributed by atoms with Gasteiger partial charge in [0.2, 0.25) is 0 Å². The summed E-state index contributed by atoms with van der Waals surface area (Å²) in [6.07, 6.45) is 14.4. The summed E-state index contributed by atoms with van der Waals surface area (Å²) >= 11 is 0. The van der Waals surface area contributed by atoms with E-state index in [-0.39, 0.29) is 56.9 Å². The van der Waals surface area contributed by atoms with Crippen molar-refractivity contribution in [2.75, 3.05) is 24.6 Å². The Morgan fingerprint density at radius 1 is 0.355 bits per heavy atom. The number of hydrogen-bond acceptors (Lipinski definition) is 1. The molecular weight excluding hydrogens is 1080 g/mol. The Morgan fingerprint density at radius 3 is 0.750 bits per heavy atom. The maximum atomic E-state index is 11.7. The zero-order valence-electron chi connectivity index (χ0n) is 42.9. The minimum atomic E-state index is -0.735. The van der Waals surface area contributed by atoms with Gasteiger partial charge in [-0.05, 0) is 117 Å². The first-order chi connectivity index (χ1) is 37.1. The third-order valence-corrected chi connectivity index (χ3v) is 23.9. The molecule has 0 spiro atoms. The van der Waals surface area contributed by atoms with Crippen LogP contribution < -0.4 is 42.4 Å². The van der Waals surface area contributed by atoms with Crippen molar-refractivity contribution in [1.29, 1.82) is 0 Å². The van der Waals surface area contributed by atoms with E-state index in [0.717, 1.165) is 18.4 Å². The van der Waals surface area contributed by atoms with E-state index in [1.54, 1.807) is 0 Å². The van der Waals surface area contributed by atoms with Crippen LogP contribution in [0.5, 0.6) is 0 Å².